The molecule has 49 heavy (non-hydrogen) atoms. The van der Waals surface area contributed by atoms with Gasteiger partial charge in [0.2, 0.25) is 0 Å². The summed E-state index contributed by atoms with van der Waals surface area (Å²) in [6.07, 6.45) is 0. The van der Waals surface area contributed by atoms with Crippen LogP contribution >= 0.6 is 11.3 Å². The fourth-order valence-corrected chi connectivity index (χ4v) is 7.83. The summed E-state index contributed by atoms with van der Waals surface area (Å²) in [6.45, 7) is 0. The molecule has 7 aromatic carbocycles. The second kappa shape index (κ2) is 12.5. The molecule has 0 saturated heterocycles. The van der Waals surface area contributed by atoms with E-state index >= 15 is 0 Å². The smallest absolute Gasteiger partial charge is 0.160 e. The average molecular weight is 643 g/mol. The van der Waals surface area contributed by atoms with Crippen LogP contribution in [0.1, 0.15) is 0 Å². The minimum atomic E-state index is 0.707. The lowest BCUT2D eigenvalue weighted by atomic mass is 9.85. The van der Waals surface area contributed by atoms with Crippen LogP contribution in [0, 0.1) is 0 Å². The van der Waals surface area contributed by atoms with Crippen LogP contribution in [0.3, 0.4) is 0 Å². The Hall–Kier alpha value is -6.16. The van der Waals surface area contributed by atoms with Gasteiger partial charge in [0.1, 0.15) is 0 Å². The Morgan fingerprint density at radius 1 is 0.327 bits per heavy atom. The van der Waals surface area contributed by atoms with E-state index < -0.39 is 0 Å². The first-order valence-electron chi connectivity index (χ1n) is 16.5. The van der Waals surface area contributed by atoms with Crippen molar-refractivity contribution in [1.29, 1.82) is 0 Å². The highest BCUT2D eigenvalue weighted by molar-refractivity contribution is 7.25. The average Bonchev–Trinajstić information content (AvgIpc) is 3.56. The van der Waals surface area contributed by atoms with Gasteiger partial charge in [-0.3, -0.25) is 0 Å². The molecule has 0 bridgehead atoms. The lowest BCUT2D eigenvalue weighted by Crippen LogP contribution is -1.98. The van der Waals surface area contributed by atoms with Gasteiger partial charge in [-0.25, -0.2) is 9.97 Å². The van der Waals surface area contributed by atoms with Crippen LogP contribution in [0.4, 0.5) is 0 Å². The number of fused-ring (bicyclic) bond motifs is 3. The zero-order chi connectivity index (χ0) is 32.6. The maximum absolute atomic E-state index is 5.23. The summed E-state index contributed by atoms with van der Waals surface area (Å²) < 4.78 is 2.61. The van der Waals surface area contributed by atoms with Gasteiger partial charge >= 0.3 is 0 Å². The molecular weight excluding hydrogens is 613 g/mol. The first-order valence-corrected chi connectivity index (χ1v) is 17.3. The van der Waals surface area contributed by atoms with E-state index in [1.165, 1.54) is 31.3 Å². The van der Waals surface area contributed by atoms with E-state index in [4.69, 9.17) is 9.97 Å². The monoisotopic (exact) mass is 642 g/mol. The molecule has 0 unspecified atom stereocenters. The van der Waals surface area contributed by atoms with Crippen molar-refractivity contribution in [1.82, 2.24) is 9.97 Å². The third-order valence-corrected chi connectivity index (χ3v) is 10.2. The molecule has 0 saturated carbocycles. The van der Waals surface area contributed by atoms with Crippen LogP contribution in [-0.4, -0.2) is 9.97 Å². The number of benzene rings is 7. The van der Waals surface area contributed by atoms with Crippen molar-refractivity contribution >= 4 is 31.5 Å². The van der Waals surface area contributed by atoms with Crippen LogP contribution < -0.4 is 0 Å². The fourth-order valence-electron chi connectivity index (χ4n) is 6.74. The summed E-state index contributed by atoms with van der Waals surface area (Å²) in [5, 5.41) is 2.59. The number of nitrogens with zero attached hydrogens (tertiary/aromatic N) is 2. The molecule has 9 rings (SSSR count). The molecule has 9 aromatic rings. The SMILES string of the molecule is c1ccc(-c2cc(-c3cc(-c4ccccc4)c(-c4ccc5sc6ccccc6c5c4)c(-c4ccccc4)c3)nc(-c3ccccc3)n2)cc1. The Morgan fingerprint density at radius 3 is 1.43 bits per heavy atom. The molecular formula is C46H30N2S. The normalized spacial score (nSPS) is 11.3. The van der Waals surface area contributed by atoms with Gasteiger partial charge in [0.15, 0.2) is 5.82 Å². The van der Waals surface area contributed by atoms with E-state index in [1.54, 1.807) is 0 Å². The molecule has 3 heteroatoms. The van der Waals surface area contributed by atoms with Gasteiger partial charge in [-0.2, -0.15) is 0 Å². The highest BCUT2D eigenvalue weighted by Crippen LogP contribution is 2.45. The topological polar surface area (TPSA) is 25.8 Å². The molecule has 230 valence electrons. The van der Waals surface area contributed by atoms with E-state index in [0.29, 0.717) is 5.82 Å². The minimum absolute atomic E-state index is 0.707. The van der Waals surface area contributed by atoms with Crippen molar-refractivity contribution < 1.29 is 0 Å². The number of hydrogen-bond acceptors (Lipinski definition) is 3. The first-order chi connectivity index (χ1) is 24.3. The Labute approximate surface area is 289 Å². The van der Waals surface area contributed by atoms with Crippen LogP contribution in [0.5, 0.6) is 0 Å². The first kappa shape index (κ1) is 29.0. The number of aromatic nitrogens is 2. The molecule has 0 aliphatic rings. The maximum atomic E-state index is 5.23. The molecule has 0 N–H and O–H groups in total. The lowest BCUT2D eigenvalue weighted by Gasteiger charge is -2.19. The third kappa shape index (κ3) is 5.50. The van der Waals surface area contributed by atoms with E-state index in [2.05, 4.69) is 158 Å². The lowest BCUT2D eigenvalue weighted by molar-refractivity contribution is 1.18. The summed E-state index contributed by atoms with van der Waals surface area (Å²) in [5.41, 5.74) is 11.9. The van der Waals surface area contributed by atoms with Gasteiger partial charge in [-0.1, -0.05) is 146 Å². The molecule has 2 aromatic heterocycles. The van der Waals surface area contributed by atoms with Gasteiger partial charge < -0.3 is 0 Å². The number of thiophene rings is 1. The molecule has 0 amide bonds. The van der Waals surface area contributed by atoms with Crippen molar-refractivity contribution in [3.63, 3.8) is 0 Å². The number of hydrogen-bond donors (Lipinski definition) is 0. The van der Waals surface area contributed by atoms with Crippen molar-refractivity contribution in [3.8, 4) is 67.3 Å². The summed E-state index contributed by atoms with van der Waals surface area (Å²) in [4.78, 5) is 10.3. The minimum Gasteiger partial charge on any atom is -0.228 e. The van der Waals surface area contributed by atoms with Crippen LogP contribution in [0.2, 0.25) is 0 Å². The van der Waals surface area contributed by atoms with E-state index in [-0.39, 0.29) is 0 Å². The van der Waals surface area contributed by atoms with E-state index in [0.717, 1.165) is 50.3 Å². The second-order valence-electron chi connectivity index (χ2n) is 12.2. The van der Waals surface area contributed by atoms with Crippen molar-refractivity contribution in [3.05, 3.63) is 182 Å². The standard InChI is InChI=1S/C46H30N2S/c1-5-15-31(16-6-1)38-28-36(42-30-41(33-19-9-3-10-20-33)47-46(48-42)34-21-11-4-12-22-34)29-39(32-17-7-2-8-18-32)45(38)35-25-26-44-40(27-35)37-23-13-14-24-43(37)49-44/h1-30H. The summed E-state index contributed by atoms with van der Waals surface area (Å²) >= 11 is 1.85. The van der Waals surface area contributed by atoms with Crippen molar-refractivity contribution in [2.45, 2.75) is 0 Å². The maximum Gasteiger partial charge on any atom is 0.160 e. The molecule has 0 radical (unpaired) electrons. The molecule has 0 spiro atoms. The van der Waals surface area contributed by atoms with Crippen LogP contribution in [0.25, 0.3) is 87.5 Å². The van der Waals surface area contributed by atoms with Crippen LogP contribution in [0.15, 0.2) is 182 Å². The third-order valence-electron chi connectivity index (χ3n) is 9.10. The Bertz CT molecular complexity index is 2460. The molecule has 0 aliphatic heterocycles. The summed E-state index contributed by atoms with van der Waals surface area (Å²) in [7, 11) is 0. The van der Waals surface area contributed by atoms with Gasteiger partial charge in [0.05, 0.1) is 11.4 Å². The Balaban J connectivity index is 1.35. The summed E-state index contributed by atoms with van der Waals surface area (Å²) in [5.74, 6) is 0.707. The van der Waals surface area contributed by atoms with Gasteiger partial charge in [-0.05, 0) is 69.8 Å². The Kier molecular flexibility index (Phi) is 7.38. The molecule has 0 atom stereocenters. The van der Waals surface area contributed by atoms with Gasteiger partial charge in [-0.15, -0.1) is 11.3 Å². The quantitative estimate of drug-likeness (QED) is 0.180. The highest BCUT2D eigenvalue weighted by Gasteiger charge is 2.20. The van der Waals surface area contributed by atoms with Crippen molar-refractivity contribution in [2.75, 3.05) is 0 Å². The van der Waals surface area contributed by atoms with Crippen molar-refractivity contribution in [2.24, 2.45) is 0 Å². The highest BCUT2D eigenvalue weighted by atomic mass is 32.1. The largest absolute Gasteiger partial charge is 0.228 e. The van der Waals surface area contributed by atoms with E-state index in [1.807, 2.05) is 35.6 Å². The predicted octanol–water partition coefficient (Wildman–Crippen LogP) is 12.8. The zero-order valence-electron chi connectivity index (χ0n) is 26.6. The second-order valence-corrected chi connectivity index (χ2v) is 13.3. The predicted molar refractivity (Wildman–Crippen MR) is 208 cm³/mol. The van der Waals surface area contributed by atoms with Crippen LogP contribution in [-0.2, 0) is 0 Å². The van der Waals surface area contributed by atoms with Gasteiger partial charge in [0.25, 0.3) is 0 Å². The number of rotatable bonds is 6. The van der Waals surface area contributed by atoms with E-state index in [9.17, 15) is 0 Å². The fraction of sp³-hybridized carbons (Fsp3) is 0. The Morgan fingerprint density at radius 2 is 0.816 bits per heavy atom. The summed E-state index contributed by atoms with van der Waals surface area (Å²) in [6, 6.07) is 64.5. The molecule has 0 aliphatic carbocycles. The van der Waals surface area contributed by atoms with Gasteiger partial charge in [0, 0.05) is 36.9 Å². The molecule has 2 heterocycles. The molecule has 2 nitrogen and oxygen atoms in total. The zero-order valence-corrected chi connectivity index (χ0v) is 27.4. The molecule has 0 fully saturated rings.